The molecule has 3 nitrogen and oxygen atoms in total. The number of carbonyl (C=O) groups excluding carboxylic acids is 2. The van der Waals surface area contributed by atoms with E-state index >= 15 is 0 Å². The maximum Gasteiger partial charge on any atom is 0.309 e. The first-order valence-corrected chi connectivity index (χ1v) is 4.83. The maximum atomic E-state index is 11.4. The molecule has 1 aliphatic rings. The van der Waals surface area contributed by atoms with E-state index in [1.807, 2.05) is 6.92 Å². The second kappa shape index (κ2) is 4.40. The standard InChI is InChI=1S/C10H16O3/c1-3-13-10(12)9-6-8(11)5-4-7(9)2/h7,9H,3-6H2,1-2H3/t7-,9-/m1/s1. The molecule has 0 amide bonds. The molecule has 2 atom stereocenters. The van der Waals surface area contributed by atoms with Gasteiger partial charge in [0, 0.05) is 12.8 Å². The normalized spacial score (nSPS) is 28.6. The van der Waals surface area contributed by atoms with E-state index in [1.165, 1.54) is 0 Å². The number of ether oxygens (including phenoxy) is 1. The summed E-state index contributed by atoms with van der Waals surface area (Å²) >= 11 is 0. The Morgan fingerprint density at radius 1 is 1.62 bits per heavy atom. The highest BCUT2D eigenvalue weighted by atomic mass is 16.5. The first-order valence-electron chi connectivity index (χ1n) is 4.83. The van der Waals surface area contributed by atoms with E-state index in [4.69, 9.17) is 4.74 Å². The number of carbonyl (C=O) groups is 2. The third-order valence-corrected chi connectivity index (χ3v) is 2.60. The van der Waals surface area contributed by atoms with E-state index in [1.54, 1.807) is 6.92 Å². The smallest absolute Gasteiger partial charge is 0.309 e. The van der Waals surface area contributed by atoms with Gasteiger partial charge in [0.15, 0.2) is 0 Å². The summed E-state index contributed by atoms with van der Waals surface area (Å²) in [5.41, 5.74) is 0. The Kier molecular flexibility index (Phi) is 3.46. The summed E-state index contributed by atoms with van der Waals surface area (Å²) < 4.78 is 4.91. The van der Waals surface area contributed by atoms with E-state index in [2.05, 4.69) is 0 Å². The molecule has 0 aromatic rings. The van der Waals surface area contributed by atoms with Crippen molar-refractivity contribution in [3.63, 3.8) is 0 Å². The number of ketones is 1. The van der Waals surface area contributed by atoms with Gasteiger partial charge in [-0.05, 0) is 19.3 Å². The van der Waals surface area contributed by atoms with E-state index in [0.29, 0.717) is 19.4 Å². The minimum absolute atomic E-state index is 0.191. The van der Waals surface area contributed by atoms with Crippen LogP contribution in [-0.4, -0.2) is 18.4 Å². The summed E-state index contributed by atoms with van der Waals surface area (Å²) in [7, 11) is 0. The zero-order valence-corrected chi connectivity index (χ0v) is 8.21. The van der Waals surface area contributed by atoms with Crippen molar-refractivity contribution in [2.75, 3.05) is 6.61 Å². The van der Waals surface area contributed by atoms with Crippen LogP contribution in [0.4, 0.5) is 0 Å². The molecule has 74 valence electrons. The fourth-order valence-corrected chi connectivity index (χ4v) is 1.70. The molecule has 1 aliphatic carbocycles. The molecule has 1 saturated carbocycles. The number of rotatable bonds is 2. The summed E-state index contributed by atoms with van der Waals surface area (Å²) in [6.07, 6.45) is 1.82. The Labute approximate surface area is 78.5 Å². The van der Waals surface area contributed by atoms with Gasteiger partial charge < -0.3 is 4.74 Å². The molecule has 0 unspecified atom stereocenters. The minimum atomic E-state index is -0.206. The van der Waals surface area contributed by atoms with Gasteiger partial charge in [0.25, 0.3) is 0 Å². The second-order valence-electron chi connectivity index (χ2n) is 3.62. The molecule has 13 heavy (non-hydrogen) atoms. The third-order valence-electron chi connectivity index (χ3n) is 2.60. The third kappa shape index (κ3) is 2.54. The first kappa shape index (κ1) is 10.2. The lowest BCUT2D eigenvalue weighted by atomic mass is 9.80. The summed E-state index contributed by atoms with van der Waals surface area (Å²) in [5.74, 6) is 0.0807. The van der Waals surface area contributed by atoms with E-state index in [0.717, 1.165) is 6.42 Å². The van der Waals surface area contributed by atoms with Crippen LogP contribution in [0.25, 0.3) is 0 Å². The van der Waals surface area contributed by atoms with Crippen molar-refractivity contribution in [3.05, 3.63) is 0 Å². The first-order chi connectivity index (χ1) is 6.15. The molecule has 0 radical (unpaired) electrons. The van der Waals surface area contributed by atoms with Crippen LogP contribution in [-0.2, 0) is 14.3 Å². The van der Waals surface area contributed by atoms with Gasteiger partial charge in [-0.1, -0.05) is 6.92 Å². The Hall–Kier alpha value is -0.860. The van der Waals surface area contributed by atoms with Crippen LogP contribution >= 0.6 is 0 Å². The van der Waals surface area contributed by atoms with Crippen LogP contribution in [0.2, 0.25) is 0 Å². The van der Waals surface area contributed by atoms with E-state index < -0.39 is 0 Å². The summed E-state index contributed by atoms with van der Waals surface area (Å²) in [6, 6.07) is 0. The molecular formula is C10H16O3. The van der Waals surface area contributed by atoms with Crippen LogP contribution < -0.4 is 0 Å². The average Bonchev–Trinajstić information content (AvgIpc) is 2.09. The number of esters is 1. The summed E-state index contributed by atoms with van der Waals surface area (Å²) in [5, 5.41) is 0. The summed E-state index contributed by atoms with van der Waals surface area (Å²) in [6.45, 7) is 4.19. The van der Waals surface area contributed by atoms with Gasteiger partial charge in [-0.25, -0.2) is 0 Å². The maximum absolute atomic E-state index is 11.4. The molecule has 1 fully saturated rings. The minimum Gasteiger partial charge on any atom is -0.466 e. The van der Waals surface area contributed by atoms with Crippen LogP contribution in [0.15, 0.2) is 0 Å². The number of hydrogen-bond donors (Lipinski definition) is 0. The van der Waals surface area contributed by atoms with Crippen LogP contribution in [0.1, 0.15) is 33.1 Å². The van der Waals surface area contributed by atoms with Crippen molar-refractivity contribution in [2.24, 2.45) is 11.8 Å². The predicted octanol–water partition coefficient (Wildman–Crippen LogP) is 1.55. The lowest BCUT2D eigenvalue weighted by molar-refractivity contribution is -0.153. The van der Waals surface area contributed by atoms with Crippen molar-refractivity contribution >= 4 is 11.8 Å². The Morgan fingerprint density at radius 2 is 2.31 bits per heavy atom. The Balaban J connectivity index is 2.54. The largest absolute Gasteiger partial charge is 0.466 e. The van der Waals surface area contributed by atoms with Gasteiger partial charge in [0.05, 0.1) is 12.5 Å². The van der Waals surface area contributed by atoms with Crippen LogP contribution in [0.5, 0.6) is 0 Å². The molecule has 0 N–H and O–H groups in total. The highest BCUT2D eigenvalue weighted by Crippen LogP contribution is 2.28. The van der Waals surface area contributed by atoms with Gasteiger partial charge in [-0.15, -0.1) is 0 Å². The Bertz CT molecular complexity index is 210. The van der Waals surface area contributed by atoms with Crippen molar-refractivity contribution in [1.29, 1.82) is 0 Å². The van der Waals surface area contributed by atoms with Crippen molar-refractivity contribution in [1.82, 2.24) is 0 Å². The number of hydrogen-bond acceptors (Lipinski definition) is 3. The quantitative estimate of drug-likeness (QED) is 0.611. The zero-order chi connectivity index (χ0) is 9.84. The molecule has 0 heterocycles. The van der Waals surface area contributed by atoms with Crippen LogP contribution in [0, 0.1) is 11.8 Å². The topological polar surface area (TPSA) is 43.4 Å². The van der Waals surface area contributed by atoms with E-state index in [-0.39, 0.29) is 23.6 Å². The fourth-order valence-electron chi connectivity index (χ4n) is 1.70. The lowest BCUT2D eigenvalue weighted by Gasteiger charge is -2.25. The monoisotopic (exact) mass is 184 g/mol. The zero-order valence-electron chi connectivity index (χ0n) is 8.21. The van der Waals surface area contributed by atoms with Crippen LogP contribution in [0.3, 0.4) is 0 Å². The molecule has 0 aliphatic heterocycles. The number of Topliss-reactive ketones (excluding diaryl/α,β-unsaturated/α-hetero) is 1. The highest BCUT2D eigenvalue weighted by molar-refractivity contribution is 5.85. The molecule has 0 aromatic carbocycles. The van der Waals surface area contributed by atoms with Crippen molar-refractivity contribution in [3.8, 4) is 0 Å². The lowest BCUT2D eigenvalue weighted by Crippen LogP contribution is -2.31. The Morgan fingerprint density at radius 3 is 2.92 bits per heavy atom. The van der Waals surface area contributed by atoms with Gasteiger partial charge in [0.2, 0.25) is 0 Å². The second-order valence-corrected chi connectivity index (χ2v) is 3.62. The van der Waals surface area contributed by atoms with Gasteiger partial charge in [0.1, 0.15) is 5.78 Å². The predicted molar refractivity (Wildman–Crippen MR) is 48.1 cm³/mol. The molecule has 3 heteroatoms. The molecule has 1 rings (SSSR count). The molecule has 0 bridgehead atoms. The van der Waals surface area contributed by atoms with Gasteiger partial charge in [-0.3, -0.25) is 9.59 Å². The highest BCUT2D eigenvalue weighted by Gasteiger charge is 2.32. The molecular weight excluding hydrogens is 168 g/mol. The SMILES string of the molecule is CCOC(=O)[C@@H]1CC(=O)CC[C@H]1C. The van der Waals surface area contributed by atoms with Crippen molar-refractivity contribution in [2.45, 2.75) is 33.1 Å². The molecule has 0 aromatic heterocycles. The van der Waals surface area contributed by atoms with Crippen molar-refractivity contribution < 1.29 is 14.3 Å². The van der Waals surface area contributed by atoms with Gasteiger partial charge in [-0.2, -0.15) is 0 Å². The average molecular weight is 184 g/mol. The van der Waals surface area contributed by atoms with Gasteiger partial charge >= 0.3 is 5.97 Å². The fraction of sp³-hybridized carbons (Fsp3) is 0.800. The molecule has 0 saturated heterocycles. The summed E-state index contributed by atoms with van der Waals surface area (Å²) in [4.78, 5) is 22.5. The van der Waals surface area contributed by atoms with E-state index in [9.17, 15) is 9.59 Å². The molecule has 0 spiro atoms.